The number of anilines is 1. The summed E-state index contributed by atoms with van der Waals surface area (Å²) >= 11 is 6.77. The van der Waals surface area contributed by atoms with E-state index in [1.54, 1.807) is 47.4 Å². The number of thiocarbonyl (C=S) groups is 1. The van der Waals surface area contributed by atoms with Crippen molar-refractivity contribution in [3.63, 3.8) is 0 Å². The first-order valence-electron chi connectivity index (χ1n) is 11.3. The molecule has 0 bridgehead atoms. The van der Waals surface area contributed by atoms with Gasteiger partial charge in [-0.25, -0.2) is 0 Å². The molecule has 1 aliphatic heterocycles. The van der Waals surface area contributed by atoms with E-state index in [4.69, 9.17) is 21.7 Å². The molecule has 3 aromatic rings. The van der Waals surface area contributed by atoms with Crippen LogP contribution in [0.25, 0.3) is 6.08 Å². The van der Waals surface area contributed by atoms with Crippen LogP contribution < -0.4 is 14.4 Å². The summed E-state index contributed by atoms with van der Waals surface area (Å²) in [6, 6.07) is 17.7. The number of aryl methyl sites for hydroxylation is 2. The van der Waals surface area contributed by atoms with E-state index >= 15 is 0 Å². The third kappa shape index (κ3) is 5.42. The lowest BCUT2D eigenvalue weighted by Crippen LogP contribution is -2.28. The van der Waals surface area contributed by atoms with Crippen LogP contribution in [-0.4, -0.2) is 21.8 Å². The lowest BCUT2D eigenvalue weighted by molar-refractivity contribution is -0.385. The zero-order valence-corrected chi connectivity index (χ0v) is 21.7. The van der Waals surface area contributed by atoms with Crippen LogP contribution in [0.1, 0.15) is 29.2 Å². The second-order valence-electron chi connectivity index (χ2n) is 8.12. The van der Waals surface area contributed by atoms with Crippen LogP contribution in [0.4, 0.5) is 11.4 Å². The molecule has 9 heteroatoms. The van der Waals surface area contributed by atoms with E-state index in [2.05, 4.69) is 0 Å². The van der Waals surface area contributed by atoms with E-state index in [1.165, 1.54) is 17.8 Å². The molecule has 1 aliphatic rings. The molecule has 0 unspecified atom stereocenters. The van der Waals surface area contributed by atoms with Crippen LogP contribution in [0.2, 0.25) is 0 Å². The van der Waals surface area contributed by atoms with Gasteiger partial charge < -0.3 is 9.47 Å². The molecule has 4 rings (SSSR count). The van der Waals surface area contributed by atoms with Gasteiger partial charge >= 0.3 is 0 Å². The number of benzene rings is 3. The Morgan fingerprint density at radius 1 is 1.06 bits per heavy atom. The molecule has 0 spiro atoms. The van der Waals surface area contributed by atoms with Crippen LogP contribution in [0.15, 0.2) is 65.6 Å². The van der Waals surface area contributed by atoms with E-state index in [1.807, 2.05) is 39.0 Å². The molecule has 0 radical (unpaired) electrons. The van der Waals surface area contributed by atoms with Gasteiger partial charge in [0.15, 0.2) is 15.8 Å². The van der Waals surface area contributed by atoms with E-state index < -0.39 is 4.92 Å². The fraction of sp³-hybridized carbons (Fsp3) is 0.185. The molecule has 3 aromatic carbocycles. The number of thioether (sulfide) groups is 1. The topological polar surface area (TPSA) is 81.9 Å². The maximum atomic E-state index is 13.2. The van der Waals surface area contributed by atoms with Gasteiger partial charge in [-0.2, -0.15) is 0 Å². The maximum Gasteiger partial charge on any atom is 0.276 e. The summed E-state index contributed by atoms with van der Waals surface area (Å²) in [6.45, 7) is 6.24. The predicted molar refractivity (Wildman–Crippen MR) is 147 cm³/mol. The monoisotopic (exact) mass is 520 g/mol. The van der Waals surface area contributed by atoms with Crippen molar-refractivity contribution in [3.8, 4) is 11.5 Å². The molecular formula is C27H24N2O5S2. The summed E-state index contributed by atoms with van der Waals surface area (Å²) < 4.78 is 12.1. The van der Waals surface area contributed by atoms with E-state index in [0.717, 1.165) is 22.4 Å². The quantitative estimate of drug-likeness (QED) is 0.143. The molecule has 0 atom stereocenters. The van der Waals surface area contributed by atoms with Crippen molar-refractivity contribution < 1.29 is 19.2 Å². The molecule has 36 heavy (non-hydrogen) atoms. The van der Waals surface area contributed by atoms with E-state index in [0.29, 0.717) is 32.9 Å². The number of carbonyl (C=O) groups excluding carboxylic acids is 1. The van der Waals surface area contributed by atoms with E-state index in [-0.39, 0.29) is 18.2 Å². The van der Waals surface area contributed by atoms with Gasteiger partial charge in [-0.15, -0.1) is 0 Å². The second kappa shape index (κ2) is 10.9. The average Bonchev–Trinajstić information content (AvgIpc) is 3.11. The highest BCUT2D eigenvalue weighted by Crippen LogP contribution is 2.38. The standard InChI is InChI=1S/C27H24N2O5S2/c1-4-33-24-14-19(10-12-23(24)34-16-20-7-5-6-8-22(20)29(31)32)15-25-26(30)28(27(35)36-25)21-11-9-17(2)13-18(21)3/h5-15H,4,16H2,1-3H3/b25-15-. The summed E-state index contributed by atoms with van der Waals surface area (Å²) in [5.41, 5.74) is 4.08. The zero-order valence-electron chi connectivity index (χ0n) is 20.0. The summed E-state index contributed by atoms with van der Waals surface area (Å²) in [7, 11) is 0. The SMILES string of the molecule is CCOc1cc(/C=C2\SC(=S)N(c3ccc(C)cc3C)C2=O)ccc1OCc1ccccc1[N+](=O)[O-]. The lowest BCUT2D eigenvalue weighted by atomic mass is 10.1. The summed E-state index contributed by atoms with van der Waals surface area (Å²) in [5, 5.41) is 11.3. The van der Waals surface area contributed by atoms with Crippen molar-refractivity contribution in [1.82, 2.24) is 0 Å². The number of para-hydroxylation sites is 1. The minimum absolute atomic E-state index is 0.00193. The maximum absolute atomic E-state index is 13.2. The van der Waals surface area contributed by atoms with Gasteiger partial charge in [-0.1, -0.05) is 59.9 Å². The minimum atomic E-state index is -0.431. The Labute approximate surface area is 218 Å². The summed E-state index contributed by atoms with van der Waals surface area (Å²) in [5.74, 6) is 0.760. The lowest BCUT2D eigenvalue weighted by Gasteiger charge is -2.17. The molecule has 0 N–H and O–H groups in total. The molecule has 1 amide bonds. The Bertz CT molecular complexity index is 1390. The molecule has 7 nitrogen and oxygen atoms in total. The number of ether oxygens (including phenoxy) is 2. The molecular weight excluding hydrogens is 496 g/mol. The molecule has 0 aliphatic carbocycles. The van der Waals surface area contributed by atoms with Crippen LogP contribution in [0, 0.1) is 24.0 Å². The van der Waals surface area contributed by atoms with Gasteiger partial charge in [-0.3, -0.25) is 19.8 Å². The fourth-order valence-electron chi connectivity index (χ4n) is 3.85. The molecule has 1 heterocycles. The molecule has 0 aromatic heterocycles. The highest BCUT2D eigenvalue weighted by Gasteiger charge is 2.34. The van der Waals surface area contributed by atoms with Crippen molar-refractivity contribution in [1.29, 1.82) is 0 Å². The summed E-state index contributed by atoms with van der Waals surface area (Å²) in [4.78, 5) is 26.1. The number of hydrogen-bond acceptors (Lipinski definition) is 7. The number of rotatable bonds is 8. The molecule has 184 valence electrons. The number of hydrogen-bond donors (Lipinski definition) is 0. The van der Waals surface area contributed by atoms with Gasteiger partial charge in [0.25, 0.3) is 11.6 Å². The van der Waals surface area contributed by atoms with Crippen molar-refractivity contribution in [2.24, 2.45) is 0 Å². The second-order valence-corrected chi connectivity index (χ2v) is 9.80. The van der Waals surface area contributed by atoms with Gasteiger partial charge in [0.05, 0.1) is 27.7 Å². The first-order chi connectivity index (χ1) is 17.3. The normalized spacial score (nSPS) is 14.4. The zero-order chi connectivity index (χ0) is 25.8. The highest BCUT2D eigenvalue weighted by molar-refractivity contribution is 8.27. The van der Waals surface area contributed by atoms with Crippen molar-refractivity contribution in [2.45, 2.75) is 27.4 Å². The number of nitro benzene ring substituents is 1. The average molecular weight is 521 g/mol. The Morgan fingerprint density at radius 3 is 2.56 bits per heavy atom. The van der Waals surface area contributed by atoms with Crippen LogP contribution in [0.3, 0.4) is 0 Å². The third-order valence-corrected chi connectivity index (χ3v) is 6.83. The Morgan fingerprint density at radius 2 is 1.83 bits per heavy atom. The fourth-order valence-corrected chi connectivity index (χ4v) is 5.14. The number of amides is 1. The van der Waals surface area contributed by atoms with Gasteiger partial charge in [0.2, 0.25) is 0 Å². The number of nitrogens with zero attached hydrogens (tertiary/aromatic N) is 2. The van der Waals surface area contributed by atoms with Gasteiger partial charge in [0.1, 0.15) is 6.61 Å². The van der Waals surface area contributed by atoms with Gasteiger partial charge in [-0.05, 0) is 62.2 Å². The Kier molecular flexibility index (Phi) is 7.71. The predicted octanol–water partition coefficient (Wildman–Crippen LogP) is 6.60. The Hall–Kier alpha value is -3.69. The summed E-state index contributed by atoms with van der Waals surface area (Å²) in [6.07, 6.45) is 1.77. The van der Waals surface area contributed by atoms with Crippen LogP contribution in [0.5, 0.6) is 11.5 Å². The molecule has 1 fully saturated rings. The van der Waals surface area contributed by atoms with Crippen LogP contribution >= 0.6 is 24.0 Å². The first kappa shape index (κ1) is 25.4. The van der Waals surface area contributed by atoms with Crippen molar-refractivity contribution in [2.75, 3.05) is 11.5 Å². The highest BCUT2D eigenvalue weighted by atomic mass is 32.2. The third-order valence-electron chi connectivity index (χ3n) is 5.52. The van der Waals surface area contributed by atoms with Crippen LogP contribution in [-0.2, 0) is 11.4 Å². The van der Waals surface area contributed by atoms with E-state index in [9.17, 15) is 14.9 Å². The van der Waals surface area contributed by atoms with Crippen molar-refractivity contribution in [3.05, 3.63) is 97.9 Å². The molecule has 1 saturated heterocycles. The largest absolute Gasteiger partial charge is 0.490 e. The minimum Gasteiger partial charge on any atom is -0.490 e. The molecule has 0 saturated carbocycles. The number of nitro groups is 1. The smallest absolute Gasteiger partial charge is 0.276 e. The first-order valence-corrected chi connectivity index (χ1v) is 12.5. The number of carbonyl (C=O) groups is 1. The Balaban J connectivity index is 1.57. The van der Waals surface area contributed by atoms with Crippen molar-refractivity contribution >= 4 is 51.7 Å². The van der Waals surface area contributed by atoms with Gasteiger partial charge in [0, 0.05) is 6.07 Å².